The number of benzene rings is 2. The molecule has 7 nitrogen and oxygen atoms in total. The molecule has 2 aliphatic rings. The van der Waals surface area contributed by atoms with Gasteiger partial charge in [-0.2, -0.15) is 0 Å². The van der Waals surface area contributed by atoms with Crippen LogP contribution in [0, 0.1) is 0 Å². The molecule has 1 unspecified atom stereocenters. The lowest BCUT2D eigenvalue weighted by Crippen LogP contribution is -2.40. The van der Waals surface area contributed by atoms with Crippen LogP contribution in [-0.2, 0) is 14.4 Å². The van der Waals surface area contributed by atoms with Crippen LogP contribution < -0.4 is 14.4 Å². The Hall–Kier alpha value is -2.87. The molecule has 0 saturated carbocycles. The minimum atomic E-state index is -1.33. The summed E-state index contributed by atoms with van der Waals surface area (Å²) in [4.78, 5) is 32.5. The number of amides is 2. The van der Waals surface area contributed by atoms with E-state index in [1.807, 2.05) is 6.07 Å². The lowest BCUT2D eigenvalue weighted by Gasteiger charge is -2.19. The van der Waals surface area contributed by atoms with Crippen LogP contribution in [0.2, 0.25) is 0 Å². The van der Waals surface area contributed by atoms with Gasteiger partial charge in [-0.3, -0.25) is 9.59 Å². The molecule has 2 amide bonds. The summed E-state index contributed by atoms with van der Waals surface area (Å²) in [5.74, 6) is 0.321. The number of methoxy groups -OCH3 is 2. The monoisotopic (exact) mass is 444 g/mol. The van der Waals surface area contributed by atoms with Gasteiger partial charge in [-0.05, 0) is 36.4 Å². The second-order valence-corrected chi connectivity index (χ2v) is 7.44. The fraction of sp³-hybridized carbons (Fsp3) is 0.250. The molecule has 28 heavy (non-hydrogen) atoms. The van der Waals surface area contributed by atoms with E-state index in [1.165, 1.54) is 7.11 Å². The van der Waals surface area contributed by atoms with Crippen LogP contribution in [0.1, 0.15) is 18.4 Å². The van der Waals surface area contributed by atoms with E-state index < -0.39 is 11.5 Å². The number of anilines is 1. The van der Waals surface area contributed by atoms with Gasteiger partial charge in [-0.15, -0.1) is 0 Å². The molecular weight excluding hydrogens is 428 g/mol. The van der Waals surface area contributed by atoms with E-state index in [1.54, 1.807) is 43.5 Å². The molecule has 1 fully saturated rings. The Bertz CT molecular complexity index is 989. The number of para-hydroxylation sites is 1. The molecule has 1 atom stereocenters. The van der Waals surface area contributed by atoms with Gasteiger partial charge in [0.05, 0.1) is 32.0 Å². The smallest absolute Gasteiger partial charge is 0.281 e. The normalized spacial score (nSPS) is 21.1. The van der Waals surface area contributed by atoms with Crippen molar-refractivity contribution in [2.24, 2.45) is 5.16 Å². The third-order valence-corrected chi connectivity index (χ3v) is 5.39. The molecule has 2 heterocycles. The van der Waals surface area contributed by atoms with Gasteiger partial charge in [-0.1, -0.05) is 27.2 Å². The number of ether oxygens (including phenoxy) is 2. The second kappa shape index (κ2) is 6.94. The van der Waals surface area contributed by atoms with Gasteiger partial charge in [0.15, 0.2) is 11.5 Å². The predicted molar refractivity (Wildman–Crippen MR) is 106 cm³/mol. The molecule has 0 radical (unpaired) electrons. The molecule has 144 valence electrons. The Morgan fingerprint density at radius 3 is 2.50 bits per heavy atom. The number of imide groups is 1. The van der Waals surface area contributed by atoms with Crippen LogP contribution in [-0.4, -0.2) is 37.3 Å². The lowest BCUT2D eigenvalue weighted by atomic mass is 9.92. The maximum Gasteiger partial charge on any atom is 0.281 e. The Morgan fingerprint density at radius 1 is 1.07 bits per heavy atom. The molecule has 2 aliphatic heterocycles. The zero-order valence-corrected chi connectivity index (χ0v) is 16.9. The molecular formula is C20H17BrN2O5. The third-order valence-electron chi connectivity index (χ3n) is 4.86. The lowest BCUT2D eigenvalue weighted by molar-refractivity contribution is -0.136. The predicted octanol–water partition coefficient (Wildman–Crippen LogP) is 3.29. The van der Waals surface area contributed by atoms with Crippen LogP contribution in [0.4, 0.5) is 5.69 Å². The van der Waals surface area contributed by atoms with Crippen molar-refractivity contribution in [3.8, 4) is 11.5 Å². The summed E-state index contributed by atoms with van der Waals surface area (Å²) in [6.45, 7) is 0. The van der Waals surface area contributed by atoms with Gasteiger partial charge >= 0.3 is 0 Å². The summed E-state index contributed by atoms with van der Waals surface area (Å²) in [7, 11) is 3.08. The quantitative estimate of drug-likeness (QED) is 0.676. The average Bonchev–Trinajstić information content (AvgIpc) is 3.23. The van der Waals surface area contributed by atoms with Crippen molar-refractivity contribution >= 4 is 39.1 Å². The molecule has 1 spiro atoms. The number of halogens is 1. The van der Waals surface area contributed by atoms with Crippen molar-refractivity contribution in [1.29, 1.82) is 0 Å². The van der Waals surface area contributed by atoms with Crippen LogP contribution >= 0.6 is 15.9 Å². The van der Waals surface area contributed by atoms with Crippen molar-refractivity contribution in [3.63, 3.8) is 0 Å². The number of carbonyl (C=O) groups excluding carboxylic acids is 2. The largest absolute Gasteiger partial charge is 0.493 e. The van der Waals surface area contributed by atoms with Gasteiger partial charge in [-0.25, -0.2) is 4.90 Å². The Morgan fingerprint density at radius 2 is 1.82 bits per heavy atom. The highest BCUT2D eigenvalue weighted by Gasteiger charge is 2.58. The van der Waals surface area contributed by atoms with Crippen LogP contribution in [0.5, 0.6) is 11.5 Å². The first kappa shape index (κ1) is 18.5. The number of nitrogens with zero attached hydrogens (tertiary/aromatic N) is 2. The Kier molecular flexibility index (Phi) is 4.58. The Balaban J connectivity index is 1.64. The number of hydrogen-bond acceptors (Lipinski definition) is 6. The first-order valence-electron chi connectivity index (χ1n) is 8.58. The number of oxime groups is 1. The summed E-state index contributed by atoms with van der Waals surface area (Å²) >= 11 is 3.35. The number of carbonyl (C=O) groups is 2. The summed E-state index contributed by atoms with van der Waals surface area (Å²) in [5, 5.41) is 4.13. The fourth-order valence-electron chi connectivity index (χ4n) is 3.51. The van der Waals surface area contributed by atoms with Crippen LogP contribution in [0.15, 0.2) is 52.1 Å². The highest BCUT2D eigenvalue weighted by Crippen LogP contribution is 2.41. The second-order valence-electron chi connectivity index (χ2n) is 6.53. The van der Waals surface area contributed by atoms with Gasteiger partial charge in [0.25, 0.3) is 5.91 Å². The minimum absolute atomic E-state index is 0.0683. The van der Waals surface area contributed by atoms with Gasteiger partial charge in [0.2, 0.25) is 11.5 Å². The van der Waals surface area contributed by atoms with Crippen LogP contribution in [0.25, 0.3) is 0 Å². The zero-order chi connectivity index (χ0) is 19.9. The molecule has 0 aliphatic carbocycles. The maximum atomic E-state index is 13.1. The van der Waals surface area contributed by atoms with Gasteiger partial charge in [0.1, 0.15) is 0 Å². The van der Waals surface area contributed by atoms with Gasteiger partial charge in [0, 0.05) is 16.5 Å². The third kappa shape index (κ3) is 2.84. The molecule has 0 N–H and O–H groups in total. The summed E-state index contributed by atoms with van der Waals surface area (Å²) in [6.07, 6.45) is 0.106. The maximum absolute atomic E-state index is 13.1. The molecule has 1 saturated heterocycles. The van der Waals surface area contributed by atoms with Crippen molar-refractivity contribution in [2.75, 3.05) is 19.1 Å². The van der Waals surface area contributed by atoms with Crippen molar-refractivity contribution in [3.05, 3.63) is 52.5 Å². The topological polar surface area (TPSA) is 77.4 Å². The molecule has 4 rings (SSSR count). The molecule has 2 aromatic rings. The minimum Gasteiger partial charge on any atom is -0.493 e. The van der Waals surface area contributed by atoms with E-state index in [0.717, 1.165) is 9.37 Å². The van der Waals surface area contributed by atoms with Crippen molar-refractivity contribution in [2.45, 2.75) is 18.4 Å². The van der Waals surface area contributed by atoms with E-state index in [4.69, 9.17) is 14.3 Å². The highest BCUT2D eigenvalue weighted by molar-refractivity contribution is 9.10. The molecule has 2 aromatic carbocycles. The zero-order valence-electron chi connectivity index (χ0n) is 15.3. The van der Waals surface area contributed by atoms with Crippen molar-refractivity contribution in [1.82, 2.24) is 0 Å². The first-order valence-corrected chi connectivity index (χ1v) is 9.38. The van der Waals surface area contributed by atoms with E-state index in [9.17, 15) is 9.59 Å². The summed E-state index contributed by atoms with van der Waals surface area (Å²) in [6, 6.07) is 12.4. The average molecular weight is 445 g/mol. The van der Waals surface area contributed by atoms with E-state index in [0.29, 0.717) is 28.5 Å². The van der Waals surface area contributed by atoms with Crippen LogP contribution in [0.3, 0.4) is 0 Å². The molecule has 0 aromatic heterocycles. The van der Waals surface area contributed by atoms with E-state index in [-0.39, 0.29) is 18.7 Å². The fourth-order valence-corrected chi connectivity index (χ4v) is 3.78. The van der Waals surface area contributed by atoms with E-state index >= 15 is 0 Å². The summed E-state index contributed by atoms with van der Waals surface area (Å²) in [5.41, 5.74) is 0.384. The number of rotatable bonds is 4. The number of hydrogen-bond donors (Lipinski definition) is 0. The molecule has 8 heteroatoms. The summed E-state index contributed by atoms with van der Waals surface area (Å²) < 4.78 is 11.6. The SMILES string of the molecule is COc1cccc(C2=NOC3(CC(=O)N(c4ccc(Br)cc4)C3=O)C2)c1OC. The molecule has 0 bridgehead atoms. The van der Waals surface area contributed by atoms with E-state index in [2.05, 4.69) is 21.1 Å². The highest BCUT2D eigenvalue weighted by atomic mass is 79.9. The van der Waals surface area contributed by atoms with Gasteiger partial charge < -0.3 is 14.3 Å². The van der Waals surface area contributed by atoms with Crippen molar-refractivity contribution < 1.29 is 23.9 Å². The first-order chi connectivity index (χ1) is 13.5. The standard InChI is InChI=1S/C20H17BrN2O5/c1-26-16-5-3-4-14(18(16)27-2)15-10-20(28-22-15)11-17(24)23(19(20)25)13-8-6-12(21)7-9-13/h3-9H,10-11H2,1-2H3. The Labute approximate surface area is 170 Å².